The van der Waals surface area contributed by atoms with Crippen LogP contribution in [0.4, 0.5) is 0 Å². The van der Waals surface area contributed by atoms with Crippen molar-refractivity contribution in [3.8, 4) is 0 Å². The van der Waals surface area contributed by atoms with Crippen LogP contribution in [0.2, 0.25) is 0 Å². The van der Waals surface area contributed by atoms with Gasteiger partial charge in [-0.05, 0) is 45.6 Å². The van der Waals surface area contributed by atoms with Crippen molar-refractivity contribution in [1.82, 2.24) is 19.7 Å². The van der Waals surface area contributed by atoms with Gasteiger partial charge in [0, 0.05) is 24.7 Å². The number of likely N-dealkylation sites (tertiary alicyclic amines) is 1. The Morgan fingerprint density at radius 2 is 2.13 bits per heavy atom. The summed E-state index contributed by atoms with van der Waals surface area (Å²) in [4.78, 5) is 20.0. The molecular weight excluding hydrogens is 308 g/mol. The lowest BCUT2D eigenvalue weighted by Gasteiger charge is -2.33. The number of amides is 1. The van der Waals surface area contributed by atoms with E-state index in [4.69, 9.17) is 0 Å². The van der Waals surface area contributed by atoms with E-state index in [1.165, 1.54) is 18.5 Å². The van der Waals surface area contributed by atoms with E-state index in [0.717, 1.165) is 41.5 Å². The first-order valence-corrected chi connectivity index (χ1v) is 9.21. The molecule has 4 rings (SSSR count). The lowest BCUT2D eigenvalue weighted by Crippen LogP contribution is -2.40. The number of carbonyl (C=O) groups is 1. The van der Waals surface area contributed by atoms with Crippen molar-refractivity contribution in [3.63, 3.8) is 0 Å². The fraction of sp³-hybridized carbons (Fsp3) is 0.588. The number of nitrogens with zero attached hydrogens (tertiary/aromatic N) is 4. The Morgan fingerprint density at radius 1 is 1.30 bits per heavy atom. The third-order valence-electron chi connectivity index (χ3n) is 4.74. The Hall–Kier alpha value is -1.69. The number of aromatic nitrogens is 3. The highest BCUT2D eigenvalue weighted by Crippen LogP contribution is 2.42. The molecule has 3 heterocycles. The highest BCUT2D eigenvalue weighted by molar-refractivity contribution is 7.13. The molecule has 0 unspecified atom stereocenters. The fourth-order valence-electron chi connectivity index (χ4n) is 3.42. The number of rotatable bonds is 3. The van der Waals surface area contributed by atoms with Crippen LogP contribution in [0.25, 0.3) is 0 Å². The van der Waals surface area contributed by atoms with Gasteiger partial charge >= 0.3 is 0 Å². The van der Waals surface area contributed by atoms with Gasteiger partial charge in [-0.15, -0.1) is 11.3 Å². The van der Waals surface area contributed by atoms with Crippen LogP contribution < -0.4 is 0 Å². The highest BCUT2D eigenvalue weighted by atomic mass is 32.1. The predicted octanol–water partition coefficient (Wildman–Crippen LogP) is 3.31. The van der Waals surface area contributed by atoms with E-state index in [2.05, 4.69) is 27.8 Å². The molecule has 5 nitrogen and oxygen atoms in total. The Bertz CT molecular complexity index is 731. The topological polar surface area (TPSA) is 51.0 Å². The maximum Gasteiger partial charge on any atom is 0.265 e. The van der Waals surface area contributed by atoms with Crippen LogP contribution in [0.5, 0.6) is 0 Å². The van der Waals surface area contributed by atoms with Crippen LogP contribution >= 0.6 is 11.3 Å². The third kappa shape index (κ3) is 2.92. The highest BCUT2D eigenvalue weighted by Gasteiger charge is 2.30. The van der Waals surface area contributed by atoms with Gasteiger partial charge < -0.3 is 4.90 Å². The lowest BCUT2D eigenvalue weighted by atomic mass is 10.1. The SMILES string of the molecule is Cc1cc(C)n([C@H]2CCCN(C(=O)c3cnc(C4CC4)s3)C2)n1. The number of hydrogen-bond donors (Lipinski definition) is 0. The molecule has 0 aromatic carbocycles. The second-order valence-corrected chi connectivity index (χ2v) is 7.82. The van der Waals surface area contributed by atoms with E-state index in [1.807, 2.05) is 11.8 Å². The van der Waals surface area contributed by atoms with E-state index in [9.17, 15) is 4.79 Å². The lowest BCUT2D eigenvalue weighted by molar-refractivity contribution is 0.0676. The van der Waals surface area contributed by atoms with Crippen LogP contribution in [0.15, 0.2) is 12.3 Å². The first kappa shape index (κ1) is 14.9. The van der Waals surface area contributed by atoms with E-state index >= 15 is 0 Å². The molecule has 0 radical (unpaired) electrons. The summed E-state index contributed by atoms with van der Waals surface area (Å²) < 4.78 is 2.09. The van der Waals surface area contributed by atoms with Gasteiger partial charge in [0.2, 0.25) is 0 Å². The van der Waals surface area contributed by atoms with Gasteiger partial charge in [-0.25, -0.2) is 4.98 Å². The van der Waals surface area contributed by atoms with E-state index in [1.54, 1.807) is 17.5 Å². The van der Waals surface area contributed by atoms with Crippen molar-refractivity contribution < 1.29 is 4.79 Å². The van der Waals surface area contributed by atoms with Gasteiger partial charge in [0.25, 0.3) is 5.91 Å². The smallest absolute Gasteiger partial charge is 0.265 e. The Morgan fingerprint density at radius 3 is 2.83 bits per heavy atom. The van der Waals surface area contributed by atoms with Crippen molar-refractivity contribution in [1.29, 1.82) is 0 Å². The zero-order valence-corrected chi connectivity index (χ0v) is 14.5. The molecule has 2 aliphatic rings. The molecule has 1 aliphatic carbocycles. The molecule has 2 aromatic rings. The number of aryl methyl sites for hydroxylation is 2. The van der Waals surface area contributed by atoms with Gasteiger partial charge in [0.1, 0.15) is 4.88 Å². The molecule has 1 atom stereocenters. The zero-order chi connectivity index (χ0) is 16.0. The number of carbonyl (C=O) groups excluding carboxylic acids is 1. The number of piperidine rings is 1. The van der Waals surface area contributed by atoms with Crippen LogP contribution in [0.1, 0.15) is 63.7 Å². The molecule has 0 bridgehead atoms. The summed E-state index contributed by atoms with van der Waals surface area (Å²) in [5, 5.41) is 5.74. The molecule has 1 amide bonds. The monoisotopic (exact) mass is 330 g/mol. The van der Waals surface area contributed by atoms with Crippen molar-refractivity contribution in [2.24, 2.45) is 0 Å². The third-order valence-corrected chi connectivity index (χ3v) is 5.88. The molecule has 0 spiro atoms. The minimum Gasteiger partial charge on any atom is -0.336 e. The average Bonchev–Trinajstić information content (AvgIpc) is 3.18. The molecule has 122 valence electrons. The van der Waals surface area contributed by atoms with Crippen LogP contribution in [-0.2, 0) is 0 Å². The summed E-state index contributed by atoms with van der Waals surface area (Å²) in [5.74, 6) is 0.756. The Labute approximate surface area is 140 Å². The van der Waals surface area contributed by atoms with Crippen molar-refractivity contribution in [2.75, 3.05) is 13.1 Å². The van der Waals surface area contributed by atoms with Gasteiger partial charge in [-0.3, -0.25) is 9.48 Å². The minimum atomic E-state index is 0.139. The van der Waals surface area contributed by atoms with Gasteiger partial charge in [-0.2, -0.15) is 5.10 Å². The first-order valence-electron chi connectivity index (χ1n) is 8.39. The maximum atomic E-state index is 12.8. The zero-order valence-electron chi connectivity index (χ0n) is 13.7. The quantitative estimate of drug-likeness (QED) is 0.867. The molecule has 1 aliphatic heterocycles. The number of thiazole rings is 1. The Balaban J connectivity index is 1.49. The van der Waals surface area contributed by atoms with Crippen LogP contribution in [0, 0.1) is 13.8 Å². The van der Waals surface area contributed by atoms with E-state index < -0.39 is 0 Å². The summed E-state index contributed by atoms with van der Waals surface area (Å²) in [6.45, 7) is 5.70. The molecule has 1 saturated carbocycles. The first-order chi connectivity index (χ1) is 11.1. The Kier molecular flexibility index (Phi) is 3.71. The van der Waals surface area contributed by atoms with Crippen molar-refractivity contribution in [3.05, 3.63) is 33.5 Å². The fourth-order valence-corrected chi connectivity index (χ4v) is 4.47. The van der Waals surface area contributed by atoms with Gasteiger partial charge in [-0.1, -0.05) is 0 Å². The molecule has 2 aromatic heterocycles. The van der Waals surface area contributed by atoms with Crippen LogP contribution in [-0.4, -0.2) is 38.7 Å². The average molecular weight is 330 g/mol. The van der Waals surface area contributed by atoms with E-state index in [-0.39, 0.29) is 11.9 Å². The summed E-state index contributed by atoms with van der Waals surface area (Å²) in [5.41, 5.74) is 2.22. The largest absolute Gasteiger partial charge is 0.336 e. The van der Waals surface area contributed by atoms with Gasteiger partial charge in [0.05, 0.1) is 22.9 Å². The molecule has 23 heavy (non-hydrogen) atoms. The number of hydrogen-bond acceptors (Lipinski definition) is 4. The normalized spacial score (nSPS) is 21.7. The maximum absolute atomic E-state index is 12.8. The van der Waals surface area contributed by atoms with Crippen molar-refractivity contribution >= 4 is 17.2 Å². The molecular formula is C17H22N4OS. The summed E-state index contributed by atoms with van der Waals surface area (Å²) in [6.07, 6.45) is 6.34. The summed E-state index contributed by atoms with van der Waals surface area (Å²) in [6, 6.07) is 2.39. The molecule has 0 N–H and O–H groups in total. The van der Waals surface area contributed by atoms with Crippen molar-refractivity contribution in [2.45, 2.75) is 51.5 Å². The molecule has 6 heteroatoms. The molecule has 2 fully saturated rings. The van der Waals surface area contributed by atoms with E-state index in [0.29, 0.717) is 5.92 Å². The van der Waals surface area contributed by atoms with Gasteiger partial charge in [0.15, 0.2) is 0 Å². The predicted molar refractivity (Wildman–Crippen MR) is 90.0 cm³/mol. The summed E-state index contributed by atoms with van der Waals surface area (Å²) >= 11 is 1.58. The van der Waals surface area contributed by atoms with Crippen LogP contribution in [0.3, 0.4) is 0 Å². The second kappa shape index (κ2) is 5.74. The molecule has 1 saturated heterocycles. The summed E-state index contributed by atoms with van der Waals surface area (Å²) in [7, 11) is 0. The standard InChI is InChI=1S/C17H22N4OS/c1-11-8-12(2)21(19-11)14-4-3-7-20(10-14)17(22)15-9-18-16(23-15)13-5-6-13/h8-9,13-14H,3-7,10H2,1-2H3/t14-/m0/s1. The second-order valence-electron chi connectivity index (χ2n) is 6.76. The minimum absolute atomic E-state index is 0.139.